The van der Waals surface area contributed by atoms with E-state index in [-0.39, 0.29) is 11.7 Å². The highest BCUT2D eigenvalue weighted by molar-refractivity contribution is 5.62. The third-order valence-electron chi connectivity index (χ3n) is 2.66. The molecule has 0 bridgehead atoms. The van der Waals surface area contributed by atoms with Gasteiger partial charge in [-0.2, -0.15) is 0 Å². The minimum atomic E-state index is -0.245. The molecular formula is C14H16FN3. The zero-order valence-corrected chi connectivity index (χ0v) is 10.7. The molecule has 1 heterocycles. The lowest BCUT2D eigenvalue weighted by Crippen LogP contribution is -2.03. The van der Waals surface area contributed by atoms with Crippen LogP contribution in [0.3, 0.4) is 0 Å². The molecule has 0 saturated heterocycles. The quantitative estimate of drug-likeness (QED) is 0.900. The number of rotatable bonds is 3. The number of hydrogen-bond acceptors (Lipinski definition) is 3. The van der Waals surface area contributed by atoms with Gasteiger partial charge in [-0.25, -0.2) is 14.4 Å². The summed E-state index contributed by atoms with van der Waals surface area (Å²) in [7, 11) is 1.82. The first-order valence-electron chi connectivity index (χ1n) is 5.93. The largest absolute Gasteiger partial charge is 0.373 e. The molecule has 0 aliphatic heterocycles. The molecule has 1 aromatic carbocycles. The molecule has 0 amide bonds. The number of halogens is 1. The maximum absolute atomic E-state index is 12.9. The molecule has 0 radical (unpaired) electrons. The van der Waals surface area contributed by atoms with E-state index in [2.05, 4.69) is 15.3 Å². The minimum absolute atomic E-state index is 0.245. The van der Waals surface area contributed by atoms with Crippen molar-refractivity contribution in [1.82, 2.24) is 9.97 Å². The lowest BCUT2D eigenvalue weighted by atomic mass is 10.1. The molecule has 0 unspecified atom stereocenters. The fourth-order valence-corrected chi connectivity index (χ4v) is 1.62. The monoisotopic (exact) mass is 245 g/mol. The fraction of sp³-hybridized carbons (Fsp3) is 0.286. The Kier molecular flexibility index (Phi) is 3.55. The van der Waals surface area contributed by atoms with E-state index in [0.29, 0.717) is 0 Å². The van der Waals surface area contributed by atoms with E-state index < -0.39 is 0 Å². The Hall–Kier alpha value is -1.97. The molecule has 94 valence electrons. The zero-order chi connectivity index (χ0) is 13.1. The minimum Gasteiger partial charge on any atom is -0.373 e. The van der Waals surface area contributed by atoms with Crippen molar-refractivity contribution >= 4 is 5.82 Å². The maximum atomic E-state index is 12.9. The molecule has 0 aliphatic rings. The highest BCUT2D eigenvalue weighted by Crippen LogP contribution is 2.22. The fourth-order valence-electron chi connectivity index (χ4n) is 1.62. The van der Waals surface area contributed by atoms with Gasteiger partial charge >= 0.3 is 0 Å². The predicted molar refractivity (Wildman–Crippen MR) is 71.1 cm³/mol. The number of nitrogens with zero attached hydrogens (tertiary/aromatic N) is 2. The molecule has 0 spiro atoms. The molecular weight excluding hydrogens is 229 g/mol. The van der Waals surface area contributed by atoms with E-state index in [1.54, 1.807) is 12.1 Å². The molecule has 1 aromatic heterocycles. The molecule has 0 fully saturated rings. The Morgan fingerprint density at radius 3 is 2.33 bits per heavy atom. The van der Waals surface area contributed by atoms with Crippen LogP contribution in [-0.4, -0.2) is 17.0 Å². The smallest absolute Gasteiger partial charge is 0.133 e. The highest BCUT2D eigenvalue weighted by Gasteiger charge is 2.09. The van der Waals surface area contributed by atoms with Crippen molar-refractivity contribution in [3.8, 4) is 11.3 Å². The average Bonchev–Trinajstić information content (AvgIpc) is 2.39. The van der Waals surface area contributed by atoms with Crippen LogP contribution in [0.15, 0.2) is 30.3 Å². The van der Waals surface area contributed by atoms with Gasteiger partial charge < -0.3 is 5.32 Å². The van der Waals surface area contributed by atoms with Gasteiger partial charge in [-0.05, 0) is 24.3 Å². The van der Waals surface area contributed by atoms with E-state index in [1.807, 2.05) is 27.0 Å². The first kappa shape index (κ1) is 12.5. The molecule has 18 heavy (non-hydrogen) atoms. The van der Waals surface area contributed by atoms with Crippen molar-refractivity contribution in [2.75, 3.05) is 12.4 Å². The summed E-state index contributed by atoms with van der Waals surface area (Å²) in [5.41, 5.74) is 1.69. The summed E-state index contributed by atoms with van der Waals surface area (Å²) < 4.78 is 12.9. The van der Waals surface area contributed by atoms with Crippen LogP contribution in [0.25, 0.3) is 11.3 Å². The second kappa shape index (κ2) is 5.12. The van der Waals surface area contributed by atoms with E-state index in [9.17, 15) is 4.39 Å². The van der Waals surface area contributed by atoms with Crippen molar-refractivity contribution in [3.63, 3.8) is 0 Å². The van der Waals surface area contributed by atoms with Crippen LogP contribution in [0.4, 0.5) is 10.2 Å². The lowest BCUT2D eigenvalue weighted by Gasteiger charge is -2.10. The highest BCUT2D eigenvalue weighted by atomic mass is 19.1. The van der Waals surface area contributed by atoms with Crippen molar-refractivity contribution in [2.45, 2.75) is 19.8 Å². The molecule has 1 N–H and O–H groups in total. The summed E-state index contributed by atoms with van der Waals surface area (Å²) in [4.78, 5) is 8.91. The second-order valence-electron chi connectivity index (χ2n) is 4.41. The Balaban J connectivity index is 2.49. The molecule has 2 rings (SSSR count). The summed E-state index contributed by atoms with van der Waals surface area (Å²) in [6, 6.07) is 8.18. The number of nitrogens with one attached hydrogen (secondary N) is 1. The predicted octanol–water partition coefficient (Wildman–Crippen LogP) is 3.45. The normalized spacial score (nSPS) is 10.7. The molecule has 2 aromatic rings. The third-order valence-corrected chi connectivity index (χ3v) is 2.66. The molecule has 0 atom stereocenters. The van der Waals surface area contributed by atoms with Gasteiger partial charge in [0.05, 0.1) is 5.69 Å². The van der Waals surface area contributed by atoms with Crippen LogP contribution < -0.4 is 5.32 Å². The topological polar surface area (TPSA) is 37.8 Å². The van der Waals surface area contributed by atoms with Gasteiger partial charge in [0.15, 0.2) is 0 Å². The van der Waals surface area contributed by atoms with Crippen LogP contribution in [-0.2, 0) is 0 Å². The average molecular weight is 245 g/mol. The van der Waals surface area contributed by atoms with Crippen LogP contribution in [0.2, 0.25) is 0 Å². The van der Waals surface area contributed by atoms with E-state index in [0.717, 1.165) is 22.9 Å². The van der Waals surface area contributed by atoms with E-state index >= 15 is 0 Å². The number of anilines is 1. The standard InChI is InChI=1S/C14H16FN3/c1-9(2)14-17-12(8-13(16-3)18-14)10-4-6-11(15)7-5-10/h4-9H,1-3H3,(H,16,17,18). The number of hydrogen-bond donors (Lipinski definition) is 1. The Bertz CT molecular complexity index is 535. The van der Waals surface area contributed by atoms with Gasteiger partial charge in [-0.3, -0.25) is 0 Å². The Labute approximate surface area is 106 Å². The third kappa shape index (κ3) is 2.64. The van der Waals surface area contributed by atoms with Gasteiger partial charge in [0.2, 0.25) is 0 Å². The van der Waals surface area contributed by atoms with Crippen LogP contribution in [0.1, 0.15) is 25.6 Å². The first-order valence-corrected chi connectivity index (χ1v) is 5.93. The molecule has 3 nitrogen and oxygen atoms in total. The van der Waals surface area contributed by atoms with Crippen LogP contribution in [0, 0.1) is 5.82 Å². The van der Waals surface area contributed by atoms with Gasteiger partial charge in [0, 0.05) is 24.6 Å². The Morgan fingerprint density at radius 1 is 1.11 bits per heavy atom. The van der Waals surface area contributed by atoms with Gasteiger partial charge in [-0.15, -0.1) is 0 Å². The lowest BCUT2D eigenvalue weighted by molar-refractivity contribution is 0.628. The SMILES string of the molecule is CNc1cc(-c2ccc(F)cc2)nc(C(C)C)n1. The van der Waals surface area contributed by atoms with Crippen molar-refractivity contribution in [1.29, 1.82) is 0 Å². The second-order valence-corrected chi connectivity index (χ2v) is 4.41. The van der Waals surface area contributed by atoms with Crippen molar-refractivity contribution in [2.24, 2.45) is 0 Å². The summed E-state index contributed by atoms with van der Waals surface area (Å²) in [5.74, 6) is 1.55. The zero-order valence-electron chi connectivity index (χ0n) is 10.7. The summed E-state index contributed by atoms with van der Waals surface area (Å²) in [6.07, 6.45) is 0. The molecule has 0 aliphatic carbocycles. The maximum Gasteiger partial charge on any atom is 0.133 e. The Morgan fingerprint density at radius 2 is 1.78 bits per heavy atom. The van der Waals surface area contributed by atoms with Gasteiger partial charge in [0.25, 0.3) is 0 Å². The molecule has 4 heteroatoms. The molecule has 0 saturated carbocycles. The summed E-state index contributed by atoms with van der Waals surface area (Å²) in [6.45, 7) is 4.09. The van der Waals surface area contributed by atoms with Crippen molar-refractivity contribution in [3.05, 3.63) is 42.0 Å². The van der Waals surface area contributed by atoms with Gasteiger partial charge in [-0.1, -0.05) is 13.8 Å². The van der Waals surface area contributed by atoms with Crippen molar-refractivity contribution < 1.29 is 4.39 Å². The summed E-state index contributed by atoms with van der Waals surface area (Å²) in [5, 5.41) is 3.02. The van der Waals surface area contributed by atoms with E-state index in [4.69, 9.17) is 0 Å². The number of aromatic nitrogens is 2. The van der Waals surface area contributed by atoms with E-state index in [1.165, 1.54) is 12.1 Å². The van der Waals surface area contributed by atoms with Crippen LogP contribution in [0.5, 0.6) is 0 Å². The summed E-state index contributed by atoms with van der Waals surface area (Å²) >= 11 is 0. The number of benzene rings is 1. The van der Waals surface area contributed by atoms with Crippen LogP contribution >= 0.6 is 0 Å². The van der Waals surface area contributed by atoms with Gasteiger partial charge in [0.1, 0.15) is 17.5 Å². The first-order chi connectivity index (χ1) is 8.60.